The molecule has 0 radical (unpaired) electrons. The van der Waals surface area contributed by atoms with Crippen LogP contribution in [0.15, 0.2) is 42.5 Å². The van der Waals surface area contributed by atoms with Gasteiger partial charge >= 0.3 is 0 Å². The van der Waals surface area contributed by atoms with Crippen LogP contribution in [0.1, 0.15) is 21.5 Å². The minimum atomic E-state index is -0.341. The zero-order valence-electron chi connectivity index (χ0n) is 11.6. The fourth-order valence-electron chi connectivity index (χ4n) is 1.83. The average Bonchev–Trinajstić information content (AvgIpc) is 2.48. The second-order valence-electron chi connectivity index (χ2n) is 4.50. The van der Waals surface area contributed by atoms with Crippen molar-refractivity contribution in [3.8, 4) is 11.8 Å². The molecule has 2 rings (SSSR count). The summed E-state index contributed by atoms with van der Waals surface area (Å²) < 4.78 is 12.8. The van der Waals surface area contributed by atoms with E-state index in [1.807, 2.05) is 6.92 Å². The Hall–Kier alpha value is -2.64. The molecule has 0 unspecified atom stereocenters. The van der Waals surface area contributed by atoms with Gasteiger partial charge in [0, 0.05) is 16.8 Å². The van der Waals surface area contributed by atoms with Crippen LogP contribution in [0.3, 0.4) is 0 Å². The quantitative estimate of drug-likeness (QED) is 0.832. The van der Waals surface area contributed by atoms with Crippen LogP contribution in [0.2, 0.25) is 0 Å². The van der Waals surface area contributed by atoms with Crippen LogP contribution in [0.5, 0.6) is 0 Å². The van der Waals surface area contributed by atoms with Gasteiger partial charge in [0.2, 0.25) is 0 Å². The van der Waals surface area contributed by atoms with Crippen molar-refractivity contribution in [3.63, 3.8) is 0 Å². The summed E-state index contributed by atoms with van der Waals surface area (Å²) in [5, 5.41) is 2.71. The molecule has 4 heteroatoms. The number of anilines is 1. The van der Waals surface area contributed by atoms with Crippen LogP contribution in [-0.2, 0) is 0 Å². The molecule has 0 fully saturated rings. The fraction of sp³-hybridized carbons (Fsp3) is 0.118. The van der Waals surface area contributed by atoms with Crippen LogP contribution in [0.25, 0.3) is 0 Å². The minimum absolute atomic E-state index is 0.247. The molecule has 0 aliphatic rings. The van der Waals surface area contributed by atoms with Crippen molar-refractivity contribution in [1.29, 1.82) is 0 Å². The standard InChI is InChI=1S/C17H15FN2O/c1-12-11-14(5-4-13(12)3-2-10-19)17(21)20-16-8-6-15(18)7-9-16/h4-9,11H,10,19H2,1H3,(H,20,21). The SMILES string of the molecule is Cc1cc(C(=O)Nc2ccc(F)cc2)ccc1C#CCN. The monoisotopic (exact) mass is 282 g/mol. The van der Waals surface area contributed by atoms with Crippen molar-refractivity contribution < 1.29 is 9.18 Å². The number of hydrogen-bond donors (Lipinski definition) is 2. The zero-order chi connectivity index (χ0) is 15.2. The van der Waals surface area contributed by atoms with E-state index >= 15 is 0 Å². The maximum atomic E-state index is 12.8. The number of amides is 1. The zero-order valence-corrected chi connectivity index (χ0v) is 11.6. The molecule has 3 nitrogen and oxygen atoms in total. The number of carbonyl (C=O) groups is 1. The third-order valence-corrected chi connectivity index (χ3v) is 2.92. The van der Waals surface area contributed by atoms with Gasteiger partial charge in [0.05, 0.1) is 6.54 Å². The number of nitrogens with one attached hydrogen (secondary N) is 1. The van der Waals surface area contributed by atoms with E-state index in [2.05, 4.69) is 17.2 Å². The van der Waals surface area contributed by atoms with Crippen molar-refractivity contribution in [2.75, 3.05) is 11.9 Å². The van der Waals surface area contributed by atoms with Crippen LogP contribution in [0, 0.1) is 24.6 Å². The van der Waals surface area contributed by atoms with Gasteiger partial charge in [0.25, 0.3) is 5.91 Å². The van der Waals surface area contributed by atoms with Gasteiger partial charge in [-0.1, -0.05) is 11.8 Å². The molecule has 0 aliphatic heterocycles. The normalized spacial score (nSPS) is 9.67. The van der Waals surface area contributed by atoms with E-state index in [-0.39, 0.29) is 11.7 Å². The van der Waals surface area contributed by atoms with E-state index in [1.54, 1.807) is 18.2 Å². The van der Waals surface area contributed by atoms with E-state index in [0.29, 0.717) is 17.8 Å². The first-order chi connectivity index (χ1) is 10.1. The molecule has 3 N–H and O–H groups in total. The molecule has 0 bridgehead atoms. The summed E-state index contributed by atoms with van der Waals surface area (Å²) in [4.78, 5) is 12.1. The van der Waals surface area contributed by atoms with E-state index in [1.165, 1.54) is 24.3 Å². The molecule has 0 saturated carbocycles. The Morgan fingerprint density at radius 2 is 1.95 bits per heavy atom. The molecule has 1 amide bonds. The second kappa shape index (κ2) is 6.69. The van der Waals surface area contributed by atoms with E-state index in [4.69, 9.17) is 5.73 Å². The van der Waals surface area contributed by atoms with Gasteiger partial charge in [-0.05, 0) is 55.0 Å². The average molecular weight is 282 g/mol. The molecule has 0 atom stereocenters. The lowest BCUT2D eigenvalue weighted by Crippen LogP contribution is -2.12. The van der Waals surface area contributed by atoms with Gasteiger partial charge < -0.3 is 11.1 Å². The fourth-order valence-corrected chi connectivity index (χ4v) is 1.83. The van der Waals surface area contributed by atoms with Crippen molar-refractivity contribution in [2.24, 2.45) is 5.73 Å². The van der Waals surface area contributed by atoms with Crippen molar-refractivity contribution in [1.82, 2.24) is 0 Å². The molecule has 0 heterocycles. The van der Waals surface area contributed by atoms with Crippen LogP contribution in [0.4, 0.5) is 10.1 Å². The summed E-state index contributed by atoms with van der Waals surface area (Å²) in [6, 6.07) is 10.9. The van der Waals surface area contributed by atoms with E-state index < -0.39 is 0 Å². The number of benzene rings is 2. The van der Waals surface area contributed by atoms with Crippen molar-refractivity contribution in [3.05, 3.63) is 65.0 Å². The summed E-state index contributed by atoms with van der Waals surface area (Å²) in [5.74, 6) is 5.14. The lowest BCUT2D eigenvalue weighted by molar-refractivity contribution is 0.102. The summed E-state index contributed by atoms with van der Waals surface area (Å²) in [6.07, 6.45) is 0. The molecular formula is C17H15FN2O. The summed E-state index contributed by atoms with van der Waals surface area (Å²) in [7, 11) is 0. The van der Waals surface area contributed by atoms with Crippen LogP contribution in [-0.4, -0.2) is 12.5 Å². The largest absolute Gasteiger partial charge is 0.322 e. The van der Waals surface area contributed by atoms with Gasteiger partial charge in [-0.25, -0.2) is 4.39 Å². The molecule has 106 valence electrons. The molecule has 0 saturated heterocycles. The number of halogens is 1. The first kappa shape index (κ1) is 14.8. The van der Waals surface area contributed by atoms with Crippen LogP contribution < -0.4 is 11.1 Å². The van der Waals surface area contributed by atoms with Gasteiger partial charge in [-0.2, -0.15) is 0 Å². The number of hydrogen-bond acceptors (Lipinski definition) is 2. The Morgan fingerprint density at radius 1 is 1.24 bits per heavy atom. The summed E-state index contributed by atoms with van der Waals surface area (Å²) in [6.45, 7) is 2.18. The predicted molar refractivity (Wildman–Crippen MR) is 81.5 cm³/mol. The predicted octanol–water partition coefficient (Wildman–Crippen LogP) is 2.70. The topological polar surface area (TPSA) is 55.1 Å². The van der Waals surface area contributed by atoms with Crippen LogP contribution >= 0.6 is 0 Å². The maximum Gasteiger partial charge on any atom is 0.255 e. The lowest BCUT2D eigenvalue weighted by Gasteiger charge is -2.07. The number of carbonyl (C=O) groups excluding carboxylic acids is 1. The van der Waals surface area contributed by atoms with Gasteiger partial charge in [-0.3, -0.25) is 4.79 Å². The Labute approximate surface area is 123 Å². The molecule has 21 heavy (non-hydrogen) atoms. The Bertz CT molecular complexity index is 712. The number of nitrogens with two attached hydrogens (primary N) is 1. The van der Waals surface area contributed by atoms with Crippen molar-refractivity contribution in [2.45, 2.75) is 6.92 Å². The highest BCUT2D eigenvalue weighted by molar-refractivity contribution is 6.04. The highest BCUT2D eigenvalue weighted by Crippen LogP contribution is 2.13. The van der Waals surface area contributed by atoms with Crippen molar-refractivity contribution >= 4 is 11.6 Å². The first-order valence-electron chi connectivity index (χ1n) is 6.46. The third-order valence-electron chi connectivity index (χ3n) is 2.92. The molecule has 0 spiro atoms. The van der Waals surface area contributed by atoms with Gasteiger partial charge in [0.15, 0.2) is 0 Å². The summed E-state index contributed by atoms with van der Waals surface area (Å²) >= 11 is 0. The smallest absolute Gasteiger partial charge is 0.255 e. The van der Waals surface area contributed by atoms with Gasteiger partial charge in [-0.15, -0.1) is 0 Å². The molecule has 2 aromatic carbocycles. The molecule has 0 aliphatic carbocycles. The number of aryl methyl sites for hydroxylation is 1. The Kier molecular flexibility index (Phi) is 4.70. The first-order valence-corrected chi connectivity index (χ1v) is 6.46. The van der Waals surface area contributed by atoms with E-state index in [0.717, 1.165) is 11.1 Å². The highest BCUT2D eigenvalue weighted by Gasteiger charge is 2.07. The highest BCUT2D eigenvalue weighted by atomic mass is 19.1. The Morgan fingerprint density at radius 3 is 2.57 bits per heavy atom. The maximum absolute atomic E-state index is 12.8. The lowest BCUT2D eigenvalue weighted by atomic mass is 10.0. The molecular weight excluding hydrogens is 267 g/mol. The number of rotatable bonds is 2. The summed E-state index contributed by atoms with van der Waals surface area (Å²) in [5.41, 5.74) is 8.16. The minimum Gasteiger partial charge on any atom is -0.322 e. The molecule has 0 aromatic heterocycles. The molecule has 2 aromatic rings. The van der Waals surface area contributed by atoms with E-state index in [9.17, 15) is 9.18 Å². The second-order valence-corrected chi connectivity index (χ2v) is 4.50. The van der Waals surface area contributed by atoms with Gasteiger partial charge in [0.1, 0.15) is 5.82 Å². The Balaban J connectivity index is 2.16. The third kappa shape index (κ3) is 3.91.